The highest BCUT2D eigenvalue weighted by Crippen LogP contribution is 2.35. The number of carbonyl (C=O) groups is 1. The minimum absolute atomic E-state index is 0.0381. The summed E-state index contributed by atoms with van der Waals surface area (Å²) in [6.45, 7) is 10.6. The molecule has 0 spiro atoms. The SMILES string of the molecule is C=C(CC=Cc1ccccc1)C(=O)OC1CC(C)CCC1C(C)C. The second-order valence-corrected chi connectivity index (χ2v) is 7.39. The van der Waals surface area contributed by atoms with E-state index in [9.17, 15) is 4.79 Å². The summed E-state index contributed by atoms with van der Waals surface area (Å²) in [5, 5.41) is 0. The smallest absolute Gasteiger partial charge is 0.333 e. The van der Waals surface area contributed by atoms with Gasteiger partial charge in [0.1, 0.15) is 6.10 Å². The van der Waals surface area contributed by atoms with E-state index in [1.165, 1.54) is 6.42 Å². The molecule has 130 valence electrons. The molecule has 1 aliphatic rings. The fourth-order valence-corrected chi connectivity index (χ4v) is 3.46. The van der Waals surface area contributed by atoms with Gasteiger partial charge in [0, 0.05) is 5.57 Å². The summed E-state index contributed by atoms with van der Waals surface area (Å²) < 4.78 is 5.83. The third kappa shape index (κ3) is 5.36. The number of hydrogen-bond donors (Lipinski definition) is 0. The zero-order valence-electron chi connectivity index (χ0n) is 15.2. The molecular formula is C22H30O2. The van der Waals surface area contributed by atoms with E-state index in [-0.39, 0.29) is 12.1 Å². The van der Waals surface area contributed by atoms with Crippen molar-refractivity contribution in [1.82, 2.24) is 0 Å². The lowest BCUT2D eigenvalue weighted by atomic mass is 9.75. The second kappa shape index (κ2) is 8.86. The van der Waals surface area contributed by atoms with Crippen molar-refractivity contribution in [3.05, 3.63) is 54.1 Å². The van der Waals surface area contributed by atoms with Crippen LogP contribution in [0.15, 0.2) is 48.6 Å². The highest BCUT2D eigenvalue weighted by Gasteiger charge is 2.33. The lowest BCUT2D eigenvalue weighted by molar-refractivity contribution is -0.151. The van der Waals surface area contributed by atoms with Crippen molar-refractivity contribution in [3.8, 4) is 0 Å². The molecule has 3 atom stereocenters. The number of rotatable bonds is 6. The molecule has 1 fully saturated rings. The first-order valence-corrected chi connectivity index (χ1v) is 9.07. The van der Waals surface area contributed by atoms with Crippen LogP contribution in [0.3, 0.4) is 0 Å². The topological polar surface area (TPSA) is 26.3 Å². The molecule has 1 aromatic rings. The Bertz CT molecular complexity index is 571. The van der Waals surface area contributed by atoms with Crippen molar-refractivity contribution < 1.29 is 9.53 Å². The molecule has 2 nitrogen and oxygen atoms in total. The van der Waals surface area contributed by atoms with Crippen molar-refractivity contribution in [2.24, 2.45) is 17.8 Å². The van der Waals surface area contributed by atoms with Gasteiger partial charge in [-0.2, -0.15) is 0 Å². The van der Waals surface area contributed by atoms with Crippen molar-refractivity contribution in [1.29, 1.82) is 0 Å². The maximum atomic E-state index is 12.4. The van der Waals surface area contributed by atoms with Gasteiger partial charge in [0.2, 0.25) is 0 Å². The molecule has 1 aliphatic carbocycles. The average molecular weight is 326 g/mol. The van der Waals surface area contributed by atoms with Crippen molar-refractivity contribution in [2.45, 2.75) is 52.6 Å². The van der Waals surface area contributed by atoms with Gasteiger partial charge in [-0.3, -0.25) is 0 Å². The monoisotopic (exact) mass is 326 g/mol. The zero-order valence-corrected chi connectivity index (χ0v) is 15.2. The summed E-state index contributed by atoms with van der Waals surface area (Å²) in [5.41, 5.74) is 1.66. The first-order chi connectivity index (χ1) is 11.5. The lowest BCUT2D eigenvalue weighted by Gasteiger charge is -2.36. The van der Waals surface area contributed by atoms with Crippen LogP contribution in [0, 0.1) is 17.8 Å². The van der Waals surface area contributed by atoms with Gasteiger partial charge in [0.15, 0.2) is 0 Å². The summed E-state index contributed by atoms with van der Waals surface area (Å²) in [6, 6.07) is 10.1. The van der Waals surface area contributed by atoms with E-state index in [1.54, 1.807) is 0 Å². The van der Waals surface area contributed by atoms with Crippen LogP contribution >= 0.6 is 0 Å². The van der Waals surface area contributed by atoms with Gasteiger partial charge in [0.05, 0.1) is 0 Å². The maximum absolute atomic E-state index is 12.4. The molecule has 2 rings (SSSR count). The minimum atomic E-state index is -0.238. The number of hydrogen-bond acceptors (Lipinski definition) is 2. The molecular weight excluding hydrogens is 296 g/mol. The fraction of sp³-hybridized carbons (Fsp3) is 0.500. The van der Waals surface area contributed by atoms with Crippen molar-refractivity contribution in [2.75, 3.05) is 0 Å². The summed E-state index contributed by atoms with van der Waals surface area (Å²) >= 11 is 0. The van der Waals surface area contributed by atoms with Gasteiger partial charge < -0.3 is 4.74 Å². The average Bonchev–Trinajstić information content (AvgIpc) is 2.55. The van der Waals surface area contributed by atoms with E-state index in [0.717, 1.165) is 18.4 Å². The first kappa shape index (κ1) is 18.5. The van der Waals surface area contributed by atoms with Crippen LogP contribution in [0.1, 0.15) is 52.0 Å². The molecule has 0 amide bonds. The van der Waals surface area contributed by atoms with Crippen LogP contribution in [-0.2, 0) is 9.53 Å². The maximum Gasteiger partial charge on any atom is 0.333 e. The van der Waals surface area contributed by atoms with E-state index in [2.05, 4.69) is 27.4 Å². The Kier molecular flexibility index (Phi) is 6.84. The number of esters is 1. The molecule has 0 aliphatic heterocycles. The summed E-state index contributed by atoms with van der Waals surface area (Å²) in [5.74, 6) is 1.40. The summed E-state index contributed by atoms with van der Waals surface area (Å²) in [6.07, 6.45) is 7.91. The highest BCUT2D eigenvalue weighted by molar-refractivity contribution is 5.88. The van der Waals surface area contributed by atoms with Crippen LogP contribution < -0.4 is 0 Å². The third-order valence-electron chi connectivity index (χ3n) is 4.98. The van der Waals surface area contributed by atoms with E-state index in [1.807, 2.05) is 42.5 Å². The Balaban J connectivity index is 1.88. The number of benzene rings is 1. The number of ether oxygens (including phenoxy) is 1. The van der Waals surface area contributed by atoms with Crippen LogP contribution in [0.25, 0.3) is 6.08 Å². The van der Waals surface area contributed by atoms with Crippen molar-refractivity contribution >= 4 is 12.0 Å². The second-order valence-electron chi connectivity index (χ2n) is 7.39. The number of carbonyl (C=O) groups excluding carboxylic acids is 1. The van der Waals surface area contributed by atoms with E-state index in [4.69, 9.17) is 4.74 Å². The molecule has 1 saturated carbocycles. The number of allylic oxidation sites excluding steroid dienone is 1. The molecule has 0 radical (unpaired) electrons. The van der Waals surface area contributed by atoms with Gasteiger partial charge in [-0.15, -0.1) is 0 Å². The van der Waals surface area contributed by atoms with Crippen molar-refractivity contribution in [3.63, 3.8) is 0 Å². The Hall–Kier alpha value is -1.83. The molecule has 2 heteroatoms. The summed E-state index contributed by atoms with van der Waals surface area (Å²) in [4.78, 5) is 12.4. The van der Waals surface area contributed by atoms with Gasteiger partial charge in [-0.05, 0) is 42.6 Å². The molecule has 1 aromatic carbocycles. The fourth-order valence-electron chi connectivity index (χ4n) is 3.46. The molecule has 0 bridgehead atoms. The van der Waals surface area contributed by atoms with Gasteiger partial charge in [0.25, 0.3) is 0 Å². The third-order valence-corrected chi connectivity index (χ3v) is 4.98. The normalized spacial score (nSPS) is 24.2. The van der Waals surface area contributed by atoms with Gasteiger partial charge in [-0.25, -0.2) is 4.79 Å². The van der Waals surface area contributed by atoms with Gasteiger partial charge >= 0.3 is 5.97 Å². The minimum Gasteiger partial charge on any atom is -0.459 e. The van der Waals surface area contributed by atoms with Crippen LogP contribution in [-0.4, -0.2) is 12.1 Å². The standard InChI is InChI=1S/C22H30O2/c1-16(2)20-14-13-17(3)15-21(20)24-22(23)18(4)9-8-12-19-10-6-5-7-11-19/h5-8,10-12,16-17,20-21H,4,9,13-15H2,1-3H3. The Morgan fingerprint density at radius 2 is 2.00 bits per heavy atom. The van der Waals surface area contributed by atoms with Gasteiger partial charge in [-0.1, -0.05) is 76.3 Å². The predicted molar refractivity (Wildman–Crippen MR) is 100 cm³/mol. The predicted octanol–water partition coefficient (Wildman–Crippen LogP) is 5.65. The Morgan fingerprint density at radius 3 is 2.67 bits per heavy atom. The Labute approximate surface area is 146 Å². The molecule has 0 aromatic heterocycles. The zero-order chi connectivity index (χ0) is 17.5. The Morgan fingerprint density at radius 1 is 1.29 bits per heavy atom. The van der Waals surface area contributed by atoms with E-state index in [0.29, 0.717) is 29.7 Å². The van der Waals surface area contributed by atoms with E-state index < -0.39 is 0 Å². The van der Waals surface area contributed by atoms with E-state index >= 15 is 0 Å². The van der Waals surface area contributed by atoms with Crippen LogP contribution in [0.2, 0.25) is 0 Å². The first-order valence-electron chi connectivity index (χ1n) is 9.07. The molecule has 0 saturated heterocycles. The van der Waals surface area contributed by atoms with Crippen LogP contribution in [0.4, 0.5) is 0 Å². The molecule has 0 heterocycles. The quantitative estimate of drug-likeness (QED) is 0.499. The molecule has 24 heavy (non-hydrogen) atoms. The lowest BCUT2D eigenvalue weighted by Crippen LogP contribution is -2.36. The molecule has 0 N–H and O–H groups in total. The van der Waals surface area contributed by atoms with Crippen LogP contribution in [0.5, 0.6) is 0 Å². The highest BCUT2D eigenvalue weighted by atomic mass is 16.5. The summed E-state index contributed by atoms with van der Waals surface area (Å²) in [7, 11) is 0. The largest absolute Gasteiger partial charge is 0.459 e. The molecule has 3 unspecified atom stereocenters.